The first-order valence-corrected chi connectivity index (χ1v) is 4.08. The molecule has 0 aliphatic heterocycles. The Kier molecular flexibility index (Phi) is 1.62. The van der Waals surface area contributed by atoms with Crippen molar-refractivity contribution in [1.29, 1.82) is 0 Å². The highest BCUT2D eigenvalue weighted by atomic mass is 79.9. The number of benzene rings is 1. The van der Waals surface area contributed by atoms with Crippen molar-refractivity contribution in [2.75, 3.05) is 0 Å². The Bertz CT molecular complexity index is 379. The van der Waals surface area contributed by atoms with E-state index in [4.69, 9.17) is 0 Å². The molecular formula is C9H5BrN. The highest BCUT2D eigenvalue weighted by Crippen LogP contribution is 2.20. The summed E-state index contributed by atoms with van der Waals surface area (Å²) < 4.78 is 0.926. The van der Waals surface area contributed by atoms with Gasteiger partial charge in [-0.25, -0.2) is 0 Å². The lowest BCUT2D eigenvalue weighted by molar-refractivity contribution is 1.33. The minimum absolute atomic E-state index is 0.926. The average molecular weight is 207 g/mol. The van der Waals surface area contributed by atoms with Gasteiger partial charge >= 0.3 is 0 Å². The number of fused-ring (bicyclic) bond motifs is 1. The van der Waals surface area contributed by atoms with Crippen LogP contribution in [0.4, 0.5) is 0 Å². The molecule has 0 saturated heterocycles. The van der Waals surface area contributed by atoms with Crippen LogP contribution in [0.25, 0.3) is 10.8 Å². The SMILES string of the molecule is Brc1[c]ncc2ccccc12. The molecule has 1 aromatic carbocycles. The van der Waals surface area contributed by atoms with Gasteiger partial charge in [-0.1, -0.05) is 24.3 Å². The Balaban J connectivity index is 2.91. The van der Waals surface area contributed by atoms with Gasteiger partial charge in [0.1, 0.15) is 6.20 Å². The lowest BCUT2D eigenvalue weighted by Crippen LogP contribution is -1.76. The summed E-state index contributed by atoms with van der Waals surface area (Å²) in [4.78, 5) is 3.94. The molecule has 53 valence electrons. The Morgan fingerprint density at radius 1 is 1.27 bits per heavy atom. The van der Waals surface area contributed by atoms with Crippen LogP contribution in [-0.2, 0) is 0 Å². The Labute approximate surface area is 73.2 Å². The summed E-state index contributed by atoms with van der Waals surface area (Å²) in [6.07, 6.45) is 4.65. The molecule has 1 nitrogen and oxygen atoms in total. The molecule has 0 atom stereocenters. The van der Waals surface area contributed by atoms with E-state index in [9.17, 15) is 0 Å². The topological polar surface area (TPSA) is 12.9 Å². The molecule has 2 aromatic rings. The maximum Gasteiger partial charge on any atom is 0.105 e. The third kappa shape index (κ3) is 1.14. The molecule has 1 aromatic heterocycles. The van der Waals surface area contributed by atoms with E-state index in [0.717, 1.165) is 15.2 Å². The van der Waals surface area contributed by atoms with Crippen LogP contribution in [-0.4, -0.2) is 4.98 Å². The first kappa shape index (κ1) is 6.80. The van der Waals surface area contributed by atoms with Gasteiger partial charge in [-0.2, -0.15) is 0 Å². The second-order valence-corrected chi connectivity index (χ2v) is 3.06. The van der Waals surface area contributed by atoms with Crippen molar-refractivity contribution in [3.05, 3.63) is 41.1 Å². The van der Waals surface area contributed by atoms with E-state index >= 15 is 0 Å². The summed E-state index contributed by atoms with van der Waals surface area (Å²) in [5, 5.41) is 2.29. The average Bonchev–Trinajstić information content (AvgIpc) is 2.06. The molecule has 0 aliphatic carbocycles. The van der Waals surface area contributed by atoms with Gasteiger partial charge in [0.2, 0.25) is 0 Å². The van der Waals surface area contributed by atoms with Gasteiger partial charge in [0.15, 0.2) is 0 Å². The molecule has 0 amide bonds. The number of rotatable bonds is 0. The van der Waals surface area contributed by atoms with Crippen molar-refractivity contribution in [3.63, 3.8) is 0 Å². The monoisotopic (exact) mass is 206 g/mol. The summed E-state index contributed by atoms with van der Waals surface area (Å²) in [5.41, 5.74) is 0. The zero-order valence-electron chi connectivity index (χ0n) is 5.71. The second kappa shape index (κ2) is 2.62. The minimum atomic E-state index is 0.926. The largest absolute Gasteiger partial charge is 0.253 e. The normalized spacial score (nSPS) is 10.3. The quantitative estimate of drug-likeness (QED) is 0.647. The fourth-order valence-electron chi connectivity index (χ4n) is 1.03. The number of hydrogen-bond donors (Lipinski definition) is 0. The van der Waals surface area contributed by atoms with Crippen molar-refractivity contribution < 1.29 is 0 Å². The Hall–Kier alpha value is -0.890. The van der Waals surface area contributed by atoms with Gasteiger partial charge in [0.05, 0.1) is 4.47 Å². The summed E-state index contributed by atoms with van der Waals surface area (Å²) in [6, 6.07) is 8.07. The summed E-state index contributed by atoms with van der Waals surface area (Å²) in [6.45, 7) is 0. The fourth-order valence-corrected chi connectivity index (χ4v) is 1.49. The lowest BCUT2D eigenvalue weighted by Gasteiger charge is -1.96. The summed E-state index contributed by atoms with van der Waals surface area (Å²) in [7, 11) is 0. The van der Waals surface area contributed by atoms with Crippen LogP contribution in [0.3, 0.4) is 0 Å². The molecule has 0 unspecified atom stereocenters. The number of aromatic nitrogens is 1. The maximum atomic E-state index is 3.94. The maximum absolute atomic E-state index is 3.94. The van der Waals surface area contributed by atoms with Crippen LogP contribution in [0, 0.1) is 6.20 Å². The second-order valence-electron chi connectivity index (χ2n) is 2.27. The molecule has 2 rings (SSSR count). The molecule has 1 heterocycles. The molecule has 0 saturated carbocycles. The first-order chi connectivity index (χ1) is 5.38. The number of nitrogens with zero attached hydrogens (tertiary/aromatic N) is 1. The third-order valence-electron chi connectivity index (χ3n) is 1.56. The zero-order valence-corrected chi connectivity index (χ0v) is 7.30. The van der Waals surface area contributed by atoms with Crippen molar-refractivity contribution in [2.24, 2.45) is 0 Å². The molecule has 0 bridgehead atoms. The van der Waals surface area contributed by atoms with Crippen molar-refractivity contribution in [3.8, 4) is 0 Å². The highest BCUT2D eigenvalue weighted by Gasteiger charge is 1.95. The molecule has 0 spiro atoms. The van der Waals surface area contributed by atoms with E-state index in [1.807, 2.05) is 24.3 Å². The van der Waals surface area contributed by atoms with Crippen LogP contribution < -0.4 is 0 Å². The molecule has 0 fully saturated rings. The Morgan fingerprint density at radius 2 is 2.09 bits per heavy atom. The van der Waals surface area contributed by atoms with Crippen LogP contribution in [0.1, 0.15) is 0 Å². The smallest absolute Gasteiger partial charge is 0.105 e. The lowest BCUT2D eigenvalue weighted by atomic mass is 10.2. The zero-order chi connectivity index (χ0) is 7.68. The predicted molar refractivity (Wildman–Crippen MR) is 48.3 cm³/mol. The van der Waals surface area contributed by atoms with E-state index in [1.165, 1.54) is 0 Å². The van der Waals surface area contributed by atoms with E-state index in [2.05, 4.69) is 27.1 Å². The fraction of sp³-hybridized carbons (Fsp3) is 0. The Morgan fingerprint density at radius 3 is 2.91 bits per heavy atom. The van der Waals surface area contributed by atoms with E-state index in [1.54, 1.807) is 6.20 Å². The molecule has 11 heavy (non-hydrogen) atoms. The van der Waals surface area contributed by atoms with Crippen molar-refractivity contribution >= 4 is 26.7 Å². The molecule has 2 heteroatoms. The number of pyridine rings is 1. The molecule has 1 radical (unpaired) electrons. The van der Waals surface area contributed by atoms with Gasteiger partial charge in [-0.15, -0.1) is 0 Å². The third-order valence-corrected chi connectivity index (χ3v) is 2.17. The molecular weight excluding hydrogens is 202 g/mol. The molecule has 0 N–H and O–H groups in total. The van der Waals surface area contributed by atoms with Gasteiger partial charge in [0, 0.05) is 11.6 Å². The van der Waals surface area contributed by atoms with Crippen molar-refractivity contribution in [1.82, 2.24) is 4.98 Å². The minimum Gasteiger partial charge on any atom is -0.253 e. The number of halogens is 1. The number of hydrogen-bond acceptors (Lipinski definition) is 1. The van der Waals surface area contributed by atoms with Crippen LogP contribution in [0.5, 0.6) is 0 Å². The van der Waals surface area contributed by atoms with Crippen LogP contribution in [0.2, 0.25) is 0 Å². The van der Waals surface area contributed by atoms with Crippen molar-refractivity contribution in [2.45, 2.75) is 0 Å². The standard InChI is InChI=1S/C9H5BrN/c10-9-6-11-5-7-3-1-2-4-8(7)9/h1-5H. The molecule has 0 aliphatic rings. The first-order valence-electron chi connectivity index (χ1n) is 3.29. The van der Waals surface area contributed by atoms with E-state index < -0.39 is 0 Å². The summed E-state index contributed by atoms with van der Waals surface area (Å²) in [5.74, 6) is 0. The van der Waals surface area contributed by atoms with E-state index in [0.29, 0.717) is 0 Å². The summed E-state index contributed by atoms with van der Waals surface area (Å²) >= 11 is 3.38. The van der Waals surface area contributed by atoms with Gasteiger partial charge in [0.25, 0.3) is 0 Å². The van der Waals surface area contributed by atoms with Gasteiger partial charge in [-0.05, 0) is 21.3 Å². The van der Waals surface area contributed by atoms with Crippen LogP contribution >= 0.6 is 15.9 Å². The van der Waals surface area contributed by atoms with E-state index in [-0.39, 0.29) is 0 Å². The predicted octanol–water partition coefficient (Wildman–Crippen LogP) is 2.80. The van der Waals surface area contributed by atoms with Gasteiger partial charge in [-0.3, -0.25) is 4.98 Å². The highest BCUT2D eigenvalue weighted by molar-refractivity contribution is 9.10. The van der Waals surface area contributed by atoms with Gasteiger partial charge < -0.3 is 0 Å². The van der Waals surface area contributed by atoms with Crippen LogP contribution in [0.15, 0.2) is 34.9 Å².